The molecule has 4 heteroatoms. The molecule has 1 amide bonds. The van der Waals surface area contributed by atoms with Crippen LogP contribution in [0.25, 0.3) is 0 Å². The lowest BCUT2D eigenvalue weighted by Gasteiger charge is -2.23. The second kappa shape index (κ2) is 6.35. The molecule has 20 heavy (non-hydrogen) atoms. The van der Waals surface area contributed by atoms with Crippen LogP contribution >= 0.6 is 0 Å². The van der Waals surface area contributed by atoms with E-state index < -0.39 is 0 Å². The Morgan fingerprint density at radius 2 is 2.30 bits per heavy atom. The lowest BCUT2D eigenvalue weighted by Crippen LogP contribution is -2.35. The summed E-state index contributed by atoms with van der Waals surface area (Å²) in [7, 11) is 0. The highest BCUT2D eigenvalue weighted by atomic mass is 19.1. The number of benzene rings is 1. The summed E-state index contributed by atoms with van der Waals surface area (Å²) in [5.41, 5.74) is 6.56. The molecule has 1 aliphatic heterocycles. The van der Waals surface area contributed by atoms with Crippen molar-refractivity contribution in [3.05, 3.63) is 35.6 Å². The summed E-state index contributed by atoms with van der Waals surface area (Å²) in [5, 5.41) is 0. The van der Waals surface area contributed by atoms with Crippen LogP contribution in [0.5, 0.6) is 0 Å². The summed E-state index contributed by atoms with van der Waals surface area (Å²) in [6.45, 7) is 5.42. The second-order valence-electron chi connectivity index (χ2n) is 5.89. The van der Waals surface area contributed by atoms with Crippen LogP contribution < -0.4 is 5.73 Å². The van der Waals surface area contributed by atoms with E-state index in [1.165, 1.54) is 12.1 Å². The number of carbonyl (C=O) groups is 1. The van der Waals surface area contributed by atoms with Gasteiger partial charge in [0, 0.05) is 19.0 Å². The first-order valence-corrected chi connectivity index (χ1v) is 7.26. The zero-order valence-electron chi connectivity index (χ0n) is 12.2. The molecule has 1 heterocycles. The van der Waals surface area contributed by atoms with Crippen molar-refractivity contribution in [2.45, 2.75) is 38.6 Å². The highest BCUT2D eigenvalue weighted by Gasteiger charge is 2.31. The minimum atomic E-state index is -0.250. The summed E-state index contributed by atoms with van der Waals surface area (Å²) in [6, 6.07) is 6.75. The molecule has 2 N–H and O–H groups in total. The normalized spacial score (nSPS) is 23.9. The minimum Gasteiger partial charge on any atom is -0.340 e. The van der Waals surface area contributed by atoms with Gasteiger partial charge in [0.2, 0.25) is 5.91 Å². The lowest BCUT2D eigenvalue weighted by atomic mass is 9.97. The van der Waals surface area contributed by atoms with E-state index in [1.54, 1.807) is 6.07 Å². The molecular weight excluding hydrogens is 255 g/mol. The van der Waals surface area contributed by atoms with E-state index in [1.807, 2.05) is 17.9 Å². The van der Waals surface area contributed by atoms with Crippen molar-refractivity contribution in [2.24, 2.45) is 11.7 Å². The monoisotopic (exact) mass is 278 g/mol. The van der Waals surface area contributed by atoms with Gasteiger partial charge in [-0.3, -0.25) is 4.79 Å². The van der Waals surface area contributed by atoms with Crippen molar-refractivity contribution in [1.29, 1.82) is 0 Å². The first kappa shape index (κ1) is 15.0. The van der Waals surface area contributed by atoms with Gasteiger partial charge in [0.05, 0.1) is 0 Å². The van der Waals surface area contributed by atoms with Gasteiger partial charge in [-0.15, -0.1) is 0 Å². The number of rotatable bonds is 4. The zero-order chi connectivity index (χ0) is 14.7. The number of hydrogen-bond acceptors (Lipinski definition) is 2. The molecule has 3 unspecified atom stereocenters. The van der Waals surface area contributed by atoms with Gasteiger partial charge in [-0.25, -0.2) is 4.39 Å². The van der Waals surface area contributed by atoms with Crippen molar-refractivity contribution in [2.75, 3.05) is 13.1 Å². The Morgan fingerprint density at radius 3 is 2.90 bits per heavy atom. The predicted molar refractivity (Wildman–Crippen MR) is 77.8 cm³/mol. The van der Waals surface area contributed by atoms with Crippen LogP contribution in [0.2, 0.25) is 0 Å². The Balaban J connectivity index is 1.97. The Kier molecular flexibility index (Phi) is 4.76. The quantitative estimate of drug-likeness (QED) is 0.920. The number of amides is 1. The molecule has 2 rings (SSSR count). The van der Waals surface area contributed by atoms with Crippen molar-refractivity contribution >= 4 is 5.91 Å². The van der Waals surface area contributed by atoms with Crippen molar-refractivity contribution in [3.8, 4) is 0 Å². The standard InChI is InChI=1S/C16H23FN2O/c1-11(14-4-3-5-15(17)8-14)6-16(20)19-10-13(9-18)7-12(19)2/h3-5,8,11-13H,6-7,9-10,18H2,1-2H3. The number of nitrogens with two attached hydrogens (primary N) is 1. The largest absolute Gasteiger partial charge is 0.340 e. The fourth-order valence-electron chi connectivity index (χ4n) is 2.97. The molecule has 0 bridgehead atoms. The van der Waals surface area contributed by atoms with Gasteiger partial charge in [0.15, 0.2) is 0 Å². The Labute approximate surface area is 120 Å². The maximum absolute atomic E-state index is 13.2. The van der Waals surface area contributed by atoms with Gasteiger partial charge >= 0.3 is 0 Å². The Hall–Kier alpha value is -1.42. The molecule has 0 saturated carbocycles. The van der Waals surface area contributed by atoms with Crippen LogP contribution in [0.15, 0.2) is 24.3 Å². The van der Waals surface area contributed by atoms with Crippen LogP contribution in [0.3, 0.4) is 0 Å². The third kappa shape index (κ3) is 3.37. The first-order chi connectivity index (χ1) is 9.51. The van der Waals surface area contributed by atoms with Gasteiger partial charge in [-0.2, -0.15) is 0 Å². The van der Waals surface area contributed by atoms with Crippen molar-refractivity contribution in [3.63, 3.8) is 0 Å². The Bertz CT molecular complexity index is 477. The molecule has 1 saturated heterocycles. The summed E-state index contributed by atoms with van der Waals surface area (Å²) >= 11 is 0. The topological polar surface area (TPSA) is 46.3 Å². The molecule has 3 atom stereocenters. The number of carbonyl (C=O) groups excluding carboxylic acids is 1. The molecule has 1 aromatic rings. The van der Waals surface area contributed by atoms with Crippen LogP contribution in [0.1, 0.15) is 38.2 Å². The van der Waals surface area contributed by atoms with Crippen LogP contribution in [0.4, 0.5) is 4.39 Å². The van der Waals surface area contributed by atoms with E-state index in [0.717, 1.165) is 18.5 Å². The van der Waals surface area contributed by atoms with Crippen LogP contribution in [0, 0.1) is 11.7 Å². The minimum absolute atomic E-state index is 0.0299. The Morgan fingerprint density at radius 1 is 1.55 bits per heavy atom. The van der Waals surface area contributed by atoms with E-state index in [0.29, 0.717) is 18.9 Å². The fourth-order valence-corrected chi connectivity index (χ4v) is 2.97. The molecule has 1 aromatic carbocycles. The fraction of sp³-hybridized carbons (Fsp3) is 0.562. The third-order valence-electron chi connectivity index (χ3n) is 4.21. The highest BCUT2D eigenvalue weighted by Crippen LogP contribution is 2.26. The summed E-state index contributed by atoms with van der Waals surface area (Å²) in [5.74, 6) is 0.338. The maximum Gasteiger partial charge on any atom is 0.223 e. The average Bonchev–Trinajstić information content (AvgIpc) is 2.80. The molecule has 0 aliphatic carbocycles. The van der Waals surface area contributed by atoms with E-state index in [9.17, 15) is 9.18 Å². The molecule has 0 radical (unpaired) electrons. The van der Waals surface area contributed by atoms with Gasteiger partial charge in [0.1, 0.15) is 5.82 Å². The summed E-state index contributed by atoms with van der Waals surface area (Å²) < 4.78 is 13.2. The number of nitrogens with zero attached hydrogens (tertiary/aromatic N) is 1. The van der Waals surface area contributed by atoms with Crippen molar-refractivity contribution in [1.82, 2.24) is 4.90 Å². The molecule has 1 fully saturated rings. The SMILES string of the molecule is CC(CC(=O)N1CC(CN)CC1C)c1cccc(F)c1. The third-order valence-corrected chi connectivity index (χ3v) is 4.21. The smallest absolute Gasteiger partial charge is 0.223 e. The van der Waals surface area contributed by atoms with E-state index in [4.69, 9.17) is 5.73 Å². The number of hydrogen-bond donors (Lipinski definition) is 1. The molecule has 3 nitrogen and oxygen atoms in total. The lowest BCUT2D eigenvalue weighted by molar-refractivity contribution is -0.132. The maximum atomic E-state index is 13.2. The average molecular weight is 278 g/mol. The molecule has 110 valence electrons. The predicted octanol–water partition coefficient (Wildman–Crippen LogP) is 2.52. The van der Waals surface area contributed by atoms with Crippen LogP contribution in [-0.4, -0.2) is 29.9 Å². The molecule has 0 spiro atoms. The summed E-state index contributed by atoms with van der Waals surface area (Å²) in [6.07, 6.45) is 1.40. The summed E-state index contributed by atoms with van der Waals surface area (Å²) in [4.78, 5) is 14.3. The molecule has 1 aliphatic rings. The van der Waals surface area contributed by atoms with E-state index in [2.05, 4.69) is 6.92 Å². The molecular formula is C16H23FN2O. The number of halogens is 1. The van der Waals surface area contributed by atoms with Gasteiger partial charge in [-0.1, -0.05) is 19.1 Å². The zero-order valence-corrected chi connectivity index (χ0v) is 12.2. The van der Waals surface area contributed by atoms with Crippen LogP contribution in [-0.2, 0) is 4.79 Å². The van der Waals surface area contributed by atoms with Gasteiger partial charge in [0.25, 0.3) is 0 Å². The van der Waals surface area contributed by atoms with E-state index in [-0.39, 0.29) is 23.7 Å². The second-order valence-corrected chi connectivity index (χ2v) is 5.89. The number of likely N-dealkylation sites (tertiary alicyclic amines) is 1. The van der Waals surface area contributed by atoms with E-state index >= 15 is 0 Å². The van der Waals surface area contributed by atoms with Gasteiger partial charge in [-0.05, 0) is 49.4 Å². The van der Waals surface area contributed by atoms with Crippen molar-refractivity contribution < 1.29 is 9.18 Å². The first-order valence-electron chi connectivity index (χ1n) is 7.26. The highest BCUT2D eigenvalue weighted by molar-refractivity contribution is 5.77. The van der Waals surface area contributed by atoms with Gasteiger partial charge < -0.3 is 10.6 Å². The molecule has 0 aromatic heterocycles.